The minimum absolute atomic E-state index is 0.236. The van der Waals surface area contributed by atoms with E-state index in [4.69, 9.17) is 5.73 Å². The molecule has 0 saturated heterocycles. The summed E-state index contributed by atoms with van der Waals surface area (Å²) in [6.45, 7) is 0. The molecule has 1 rings (SSSR count). The standard InChI is InChI=1S/C8H14F3N/c9-8(10,11)5-6-3-1-2-4-7(6)12/h6-7H,1-5,12H2/t6-,7+/m0/s1. The molecule has 1 aliphatic carbocycles. The highest BCUT2D eigenvalue weighted by molar-refractivity contribution is 4.79. The largest absolute Gasteiger partial charge is 0.389 e. The Bertz CT molecular complexity index is 144. The van der Waals surface area contributed by atoms with Gasteiger partial charge in [0.1, 0.15) is 0 Å². The SMILES string of the molecule is N[C@@H]1CCCC[C@H]1CC(F)(F)F. The number of rotatable bonds is 1. The second-order valence-corrected chi connectivity index (χ2v) is 3.53. The van der Waals surface area contributed by atoms with Crippen molar-refractivity contribution in [2.75, 3.05) is 0 Å². The molecule has 0 aromatic carbocycles. The third-order valence-electron chi connectivity index (χ3n) is 2.46. The molecule has 1 nitrogen and oxygen atoms in total. The minimum atomic E-state index is -4.04. The van der Waals surface area contributed by atoms with Crippen molar-refractivity contribution in [2.45, 2.75) is 44.3 Å². The molecule has 72 valence electrons. The van der Waals surface area contributed by atoms with Gasteiger partial charge < -0.3 is 5.73 Å². The fourth-order valence-electron chi connectivity index (χ4n) is 1.79. The Morgan fingerprint density at radius 1 is 1.17 bits per heavy atom. The van der Waals surface area contributed by atoms with Crippen LogP contribution in [0.5, 0.6) is 0 Å². The molecule has 0 unspecified atom stereocenters. The van der Waals surface area contributed by atoms with Gasteiger partial charge in [0.05, 0.1) is 0 Å². The van der Waals surface area contributed by atoms with E-state index in [1.54, 1.807) is 0 Å². The normalized spacial score (nSPS) is 32.0. The van der Waals surface area contributed by atoms with E-state index in [0.717, 1.165) is 19.3 Å². The van der Waals surface area contributed by atoms with Crippen LogP contribution in [-0.4, -0.2) is 12.2 Å². The van der Waals surface area contributed by atoms with Gasteiger partial charge in [0.2, 0.25) is 0 Å². The van der Waals surface area contributed by atoms with Crippen molar-refractivity contribution < 1.29 is 13.2 Å². The summed E-state index contributed by atoms with van der Waals surface area (Å²) in [5, 5.41) is 0. The molecule has 0 aliphatic heterocycles. The maximum Gasteiger partial charge on any atom is 0.389 e. The van der Waals surface area contributed by atoms with Crippen molar-refractivity contribution >= 4 is 0 Å². The zero-order valence-corrected chi connectivity index (χ0v) is 6.90. The van der Waals surface area contributed by atoms with Gasteiger partial charge in [-0.2, -0.15) is 13.2 Å². The van der Waals surface area contributed by atoms with E-state index in [2.05, 4.69) is 0 Å². The van der Waals surface area contributed by atoms with Crippen LogP contribution in [0.1, 0.15) is 32.1 Å². The van der Waals surface area contributed by atoms with Gasteiger partial charge in [0.25, 0.3) is 0 Å². The highest BCUT2D eigenvalue weighted by Gasteiger charge is 2.35. The van der Waals surface area contributed by atoms with Crippen molar-refractivity contribution in [2.24, 2.45) is 11.7 Å². The molecule has 0 aromatic rings. The van der Waals surface area contributed by atoms with E-state index < -0.39 is 12.6 Å². The summed E-state index contributed by atoms with van der Waals surface area (Å²) in [5.74, 6) is -0.334. The summed E-state index contributed by atoms with van der Waals surface area (Å²) in [6, 6.07) is -0.236. The third kappa shape index (κ3) is 3.01. The van der Waals surface area contributed by atoms with E-state index in [-0.39, 0.29) is 12.0 Å². The highest BCUT2D eigenvalue weighted by atomic mass is 19.4. The molecule has 1 fully saturated rings. The molecule has 1 saturated carbocycles. The molecule has 0 amide bonds. The van der Waals surface area contributed by atoms with Gasteiger partial charge in [-0.25, -0.2) is 0 Å². The van der Waals surface area contributed by atoms with E-state index in [1.165, 1.54) is 0 Å². The van der Waals surface area contributed by atoms with Crippen LogP contribution in [0.4, 0.5) is 13.2 Å². The van der Waals surface area contributed by atoms with Gasteiger partial charge in [-0.05, 0) is 18.8 Å². The zero-order chi connectivity index (χ0) is 9.19. The Balaban J connectivity index is 2.39. The Kier molecular flexibility index (Phi) is 2.99. The number of hydrogen-bond acceptors (Lipinski definition) is 1. The first-order valence-corrected chi connectivity index (χ1v) is 4.31. The molecule has 1 aliphatic rings. The van der Waals surface area contributed by atoms with Crippen LogP contribution in [0.2, 0.25) is 0 Å². The molecule has 4 heteroatoms. The molecular formula is C8H14F3N. The van der Waals surface area contributed by atoms with Crippen LogP contribution in [-0.2, 0) is 0 Å². The Labute approximate surface area is 70.1 Å². The molecule has 12 heavy (non-hydrogen) atoms. The van der Waals surface area contributed by atoms with Gasteiger partial charge in [-0.15, -0.1) is 0 Å². The lowest BCUT2D eigenvalue weighted by Crippen LogP contribution is -2.35. The first-order valence-electron chi connectivity index (χ1n) is 4.31. The van der Waals surface area contributed by atoms with Crippen LogP contribution in [0.25, 0.3) is 0 Å². The van der Waals surface area contributed by atoms with Gasteiger partial charge >= 0.3 is 6.18 Å². The summed E-state index contributed by atoms with van der Waals surface area (Å²) < 4.78 is 35.9. The van der Waals surface area contributed by atoms with Crippen LogP contribution in [0.15, 0.2) is 0 Å². The van der Waals surface area contributed by atoms with Gasteiger partial charge in [-0.1, -0.05) is 12.8 Å². The van der Waals surface area contributed by atoms with Crippen LogP contribution in [0, 0.1) is 5.92 Å². The van der Waals surface area contributed by atoms with Crippen LogP contribution >= 0.6 is 0 Å². The van der Waals surface area contributed by atoms with E-state index in [0.29, 0.717) is 6.42 Å². The van der Waals surface area contributed by atoms with Crippen molar-refractivity contribution in [1.82, 2.24) is 0 Å². The van der Waals surface area contributed by atoms with Crippen molar-refractivity contribution in [3.05, 3.63) is 0 Å². The van der Waals surface area contributed by atoms with Crippen LogP contribution < -0.4 is 5.73 Å². The molecule has 0 radical (unpaired) electrons. The van der Waals surface area contributed by atoms with Crippen LogP contribution in [0.3, 0.4) is 0 Å². The van der Waals surface area contributed by atoms with Gasteiger partial charge in [0.15, 0.2) is 0 Å². The maximum atomic E-state index is 12.0. The van der Waals surface area contributed by atoms with E-state index in [1.807, 2.05) is 0 Å². The van der Waals surface area contributed by atoms with E-state index in [9.17, 15) is 13.2 Å². The van der Waals surface area contributed by atoms with Gasteiger partial charge in [-0.3, -0.25) is 0 Å². The summed E-state index contributed by atoms with van der Waals surface area (Å²) in [4.78, 5) is 0. The lowest BCUT2D eigenvalue weighted by atomic mass is 9.83. The first-order chi connectivity index (χ1) is 5.49. The lowest BCUT2D eigenvalue weighted by molar-refractivity contribution is -0.147. The first kappa shape index (κ1) is 9.84. The predicted molar refractivity (Wildman–Crippen MR) is 40.6 cm³/mol. The van der Waals surface area contributed by atoms with Gasteiger partial charge in [0, 0.05) is 12.5 Å². The molecule has 0 bridgehead atoms. The van der Waals surface area contributed by atoms with Crippen molar-refractivity contribution in [3.63, 3.8) is 0 Å². The third-order valence-corrected chi connectivity index (χ3v) is 2.46. The fourth-order valence-corrected chi connectivity index (χ4v) is 1.79. The average Bonchev–Trinajstić information content (AvgIpc) is 1.91. The summed E-state index contributed by atoms with van der Waals surface area (Å²) in [5.41, 5.74) is 5.59. The minimum Gasteiger partial charge on any atom is -0.327 e. The second-order valence-electron chi connectivity index (χ2n) is 3.53. The summed E-state index contributed by atoms with van der Waals surface area (Å²) >= 11 is 0. The van der Waals surface area contributed by atoms with E-state index >= 15 is 0 Å². The zero-order valence-electron chi connectivity index (χ0n) is 6.90. The summed E-state index contributed by atoms with van der Waals surface area (Å²) in [7, 11) is 0. The van der Waals surface area contributed by atoms with Crippen molar-refractivity contribution in [3.8, 4) is 0 Å². The van der Waals surface area contributed by atoms with Crippen molar-refractivity contribution in [1.29, 1.82) is 0 Å². The number of alkyl halides is 3. The predicted octanol–water partition coefficient (Wildman–Crippen LogP) is 2.46. The molecule has 0 heterocycles. The topological polar surface area (TPSA) is 26.0 Å². The Hall–Kier alpha value is -0.250. The monoisotopic (exact) mass is 181 g/mol. The number of nitrogens with two attached hydrogens (primary N) is 1. The smallest absolute Gasteiger partial charge is 0.327 e. The summed E-state index contributed by atoms with van der Waals surface area (Å²) in [6.07, 6.45) is -1.47. The molecular weight excluding hydrogens is 167 g/mol. The molecule has 0 aromatic heterocycles. The highest BCUT2D eigenvalue weighted by Crippen LogP contribution is 2.33. The lowest BCUT2D eigenvalue weighted by Gasteiger charge is -2.29. The quantitative estimate of drug-likeness (QED) is 0.660. The second kappa shape index (κ2) is 3.64. The fraction of sp³-hybridized carbons (Fsp3) is 1.00. The average molecular weight is 181 g/mol. The molecule has 2 N–H and O–H groups in total. The maximum absolute atomic E-state index is 12.0. The number of halogens is 3. The Morgan fingerprint density at radius 3 is 2.25 bits per heavy atom. The molecule has 0 spiro atoms. The molecule has 2 atom stereocenters. The number of hydrogen-bond donors (Lipinski definition) is 1. The Morgan fingerprint density at radius 2 is 1.75 bits per heavy atom.